The predicted molar refractivity (Wildman–Crippen MR) is 69.0 cm³/mol. The minimum absolute atomic E-state index is 0.173. The lowest BCUT2D eigenvalue weighted by molar-refractivity contribution is -0.142. The van der Waals surface area contributed by atoms with Crippen molar-refractivity contribution in [3.05, 3.63) is 0 Å². The minimum atomic E-state index is -1.07. The molecule has 0 spiro atoms. The molecule has 0 aromatic carbocycles. The van der Waals surface area contributed by atoms with E-state index in [1.165, 1.54) is 0 Å². The smallest absolute Gasteiger partial charge is 0.323 e. The van der Waals surface area contributed by atoms with Crippen LogP contribution in [0.3, 0.4) is 0 Å². The van der Waals surface area contributed by atoms with E-state index in [1.807, 2.05) is 0 Å². The molecule has 0 aliphatic carbocycles. The van der Waals surface area contributed by atoms with Crippen molar-refractivity contribution in [1.29, 1.82) is 0 Å². The minimum Gasteiger partial charge on any atom is -0.480 e. The molecule has 1 amide bonds. The molecule has 0 aliphatic rings. The lowest BCUT2D eigenvalue weighted by atomic mass is 10.1. The number of carboxylic acids is 2. The van der Waals surface area contributed by atoms with E-state index in [2.05, 4.69) is 5.32 Å². The van der Waals surface area contributed by atoms with Gasteiger partial charge in [-0.05, 0) is 25.8 Å². The van der Waals surface area contributed by atoms with Gasteiger partial charge >= 0.3 is 11.9 Å². The van der Waals surface area contributed by atoms with Gasteiger partial charge in [-0.25, -0.2) is 0 Å². The summed E-state index contributed by atoms with van der Waals surface area (Å²) in [5.41, 5.74) is 11.8. The lowest BCUT2D eigenvalue weighted by Crippen LogP contribution is -2.34. The number of carbonyl (C=O) groups is 3. The van der Waals surface area contributed by atoms with E-state index < -0.39 is 23.9 Å². The van der Waals surface area contributed by atoms with Crippen LogP contribution in [-0.2, 0) is 14.4 Å². The van der Waals surface area contributed by atoms with E-state index in [0.29, 0.717) is 19.4 Å². The van der Waals surface area contributed by atoms with Crippen LogP contribution in [0.15, 0.2) is 0 Å². The summed E-state index contributed by atoms with van der Waals surface area (Å²) in [6.45, 7) is 0.0150. The van der Waals surface area contributed by atoms with Crippen LogP contribution < -0.4 is 22.3 Å². The molecule has 0 bridgehead atoms. The summed E-state index contributed by atoms with van der Waals surface area (Å²) in [5.74, 6) is -2.57. The van der Waals surface area contributed by atoms with Gasteiger partial charge in [-0.1, -0.05) is 0 Å². The van der Waals surface area contributed by atoms with Crippen LogP contribution in [0.5, 0.6) is 0 Å². The maximum atomic E-state index is 10.3. The van der Waals surface area contributed by atoms with Gasteiger partial charge in [-0.15, -0.1) is 0 Å². The zero-order valence-corrected chi connectivity index (χ0v) is 11.0. The fourth-order valence-electron chi connectivity index (χ4n) is 0.982. The summed E-state index contributed by atoms with van der Waals surface area (Å²) >= 11 is 0. The van der Waals surface area contributed by atoms with Crippen molar-refractivity contribution in [1.82, 2.24) is 10.8 Å². The normalized spacial score (nSPS) is 10.9. The molecule has 1 atom stereocenters. The van der Waals surface area contributed by atoms with Gasteiger partial charge in [0.1, 0.15) is 12.6 Å². The monoisotopic (exact) mass is 294 g/mol. The average molecular weight is 294 g/mol. The average Bonchev–Trinajstić information content (AvgIpc) is 2.41. The summed E-state index contributed by atoms with van der Waals surface area (Å²) in [7, 11) is 0. The zero-order chi connectivity index (χ0) is 16.0. The van der Waals surface area contributed by atoms with E-state index in [4.69, 9.17) is 26.9 Å². The molecule has 0 aromatic heterocycles. The molecule has 0 aromatic rings. The molecule has 10 heteroatoms. The Hall–Kier alpha value is -1.75. The molecule has 0 unspecified atom stereocenters. The highest BCUT2D eigenvalue weighted by molar-refractivity contribution is 5.82. The van der Waals surface area contributed by atoms with Gasteiger partial charge in [-0.3, -0.25) is 14.4 Å². The summed E-state index contributed by atoms with van der Waals surface area (Å²) in [6, 6.07) is -0.860. The Morgan fingerprint density at radius 3 is 2.05 bits per heavy atom. The number of hydrogen-bond acceptors (Lipinski definition) is 7. The third-order valence-electron chi connectivity index (χ3n) is 2.02. The predicted octanol–water partition coefficient (Wildman–Crippen LogP) is -2.31. The van der Waals surface area contributed by atoms with Crippen LogP contribution in [0.1, 0.15) is 19.3 Å². The van der Waals surface area contributed by atoms with E-state index in [1.54, 1.807) is 5.48 Å². The molecule has 0 rings (SSSR count). The largest absolute Gasteiger partial charge is 0.480 e. The van der Waals surface area contributed by atoms with E-state index in [0.717, 1.165) is 6.42 Å². The number of hydrogen-bond donors (Lipinski definition) is 7. The van der Waals surface area contributed by atoms with Crippen molar-refractivity contribution in [3.63, 3.8) is 0 Å². The number of amides is 1. The molecular formula is C10H22N4O6. The first-order chi connectivity index (χ1) is 9.38. The summed E-state index contributed by atoms with van der Waals surface area (Å²) in [5, 5.41) is 26.8. The Bertz CT molecular complexity index is 299. The number of carbonyl (C=O) groups excluding carboxylic acids is 1. The maximum absolute atomic E-state index is 10.3. The Kier molecular flexibility index (Phi) is 14.1. The molecule has 9 N–H and O–H groups in total. The van der Waals surface area contributed by atoms with Gasteiger partial charge in [0.25, 0.3) is 0 Å². The first-order valence-electron chi connectivity index (χ1n) is 5.90. The van der Waals surface area contributed by atoms with E-state index >= 15 is 0 Å². The second kappa shape index (κ2) is 13.7. The van der Waals surface area contributed by atoms with Crippen LogP contribution in [0.2, 0.25) is 0 Å². The van der Waals surface area contributed by atoms with Gasteiger partial charge in [0.2, 0.25) is 5.91 Å². The molecule has 20 heavy (non-hydrogen) atoms. The fraction of sp³-hybridized carbons (Fsp3) is 0.700. The maximum Gasteiger partial charge on any atom is 0.323 e. The summed E-state index contributed by atoms with van der Waals surface area (Å²) in [4.78, 5) is 30.3. The Morgan fingerprint density at radius 1 is 1.10 bits per heavy atom. The molecule has 0 heterocycles. The van der Waals surface area contributed by atoms with Gasteiger partial charge in [0.15, 0.2) is 0 Å². The van der Waals surface area contributed by atoms with Crippen LogP contribution >= 0.6 is 0 Å². The zero-order valence-electron chi connectivity index (χ0n) is 11.0. The van der Waals surface area contributed by atoms with Crippen molar-refractivity contribution in [2.45, 2.75) is 25.3 Å². The fourth-order valence-corrected chi connectivity index (χ4v) is 0.982. The topological polar surface area (TPSA) is 188 Å². The SMILES string of the molecule is NCC(=O)NCC(=O)O.NCCCC[C@H](NO)C(=O)O. The third-order valence-corrected chi connectivity index (χ3v) is 2.02. The van der Waals surface area contributed by atoms with Gasteiger partial charge < -0.3 is 32.2 Å². The Balaban J connectivity index is 0. The van der Waals surface area contributed by atoms with E-state index in [-0.39, 0.29) is 13.1 Å². The number of nitrogens with one attached hydrogen (secondary N) is 2. The van der Waals surface area contributed by atoms with Gasteiger partial charge in [0.05, 0.1) is 6.54 Å². The number of nitrogens with two attached hydrogens (primary N) is 2. The van der Waals surface area contributed by atoms with Crippen molar-refractivity contribution in [2.24, 2.45) is 11.5 Å². The van der Waals surface area contributed by atoms with Crippen LogP contribution in [-0.4, -0.2) is 58.9 Å². The molecule has 0 fully saturated rings. The van der Waals surface area contributed by atoms with Crippen molar-refractivity contribution in [3.8, 4) is 0 Å². The molecular weight excluding hydrogens is 272 g/mol. The summed E-state index contributed by atoms with van der Waals surface area (Å²) in [6.07, 6.45) is 1.90. The first kappa shape index (κ1) is 20.6. The van der Waals surface area contributed by atoms with E-state index in [9.17, 15) is 14.4 Å². The highest BCUT2D eigenvalue weighted by atomic mass is 16.5. The van der Waals surface area contributed by atoms with Crippen molar-refractivity contribution >= 4 is 17.8 Å². The molecule has 118 valence electrons. The number of unbranched alkanes of at least 4 members (excludes halogenated alkanes) is 1. The molecule has 0 saturated carbocycles. The number of aliphatic carboxylic acids is 2. The third kappa shape index (κ3) is 14.3. The Morgan fingerprint density at radius 2 is 1.70 bits per heavy atom. The van der Waals surface area contributed by atoms with Crippen LogP contribution in [0.4, 0.5) is 0 Å². The lowest BCUT2D eigenvalue weighted by Gasteiger charge is -2.08. The number of hydroxylamine groups is 1. The molecule has 0 radical (unpaired) electrons. The van der Waals surface area contributed by atoms with Gasteiger partial charge in [0, 0.05) is 0 Å². The van der Waals surface area contributed by atoms with Crippen molar-refractivity contribution < 1.29 is 29.8 Å². The van der Waals surface area contributed by atoms with Crippen LogP contribution in [0.25, 0.3) is 0 Å². The molecule has 10 nitrogen and oxygen atoms in total. The summed E-state index contributed by atoms with van der Waals surface area (Å²) < 4.78 is 0. The standard InChI is InChI=1S/C6H14N2O3.C4H8N2O3/c7-4-2-1-3-5(8-11)6(9)10;5-1-3(7)6-2-4(8)9/h5,8,11H,1-4,7H2,(H,9,10);1-2,5H2,(H,6,7)(H,8,9)/t5-;/m0./s1. The number of carboxylic acid groups (broad SMARTS) is 2. The molecule has 0 saturated heterocycles. The second-order valence-corrected chi connectivity index (χ2v) is 3.68. The highest BCUT2D eigenvalue weighted by Gasteiger charge is 2.14. The highest BCUT2D eigenvalue weighted by Crippen LogP contribution is 1.99. The Labute approximate surface area is 116 Å². The second-order valence-electron chi connectivity index (χ2n) is 3.68. The number of rotatable bonds is 9. The quantitative estimate of drug-likeness (QED) is 0.181. The first-order valence-corrected chi connectivity index (χ1v) is 5.90. The molecule has 0 aliphatic heterocycles. The van der Waals surface area contributed by atoms with Gasteiger partial charge in [-0.2, -0.15) is 5.48 Å². The van der Waals surface area contributed by atoms with Crippen LogP contribution in [0, 0.1) is 0 Å². The van der Waals surface area contributed by atoms with Crippen molar-refractivity contribution in [2.75, 3.05) is 19.6 Å².